The van der Waals surface area contributed by atoms with Gasteiger partial charge in [0.2, 0.25) is 5.91 Å². The second-order valence-electron chi connectivity index (χ2n) is 4.98. The van der Waals surface area contributed by atoms with Gasteiger partial charge in [-0.2, -0.15) is 0 Å². The molecule has 2 aromatic carbocycles. The molecule has 0 radical (unpaired) electrons. The number of rotatable bonds is 8. The summed E-state index contributed by atoms with van der Waals surface area (Å²) < 4.78 is 11.2. The first-order chi connectivity index (χ1) is 11.6. The van der Waals surface area contributed by atoms with Crippen molar-refractivity contribution in [3.8, 4) is 11.5 Å². The number of benzene rings is 2. The lowest BCUT2D eigenvalue weighted by molar-refractivity contribution is -0.116. The molecule has 1 N–H and O–H groups in total. The maximum Gasteiger partial charge on any atom is 0.224 e. The highest BCUT2D eigenvalue weighted by molar-refractivity contribution is 6.43. The monoisotopic (exact) mass is 367 g/mol. The molecule has 2 rings (SSSR count). The van der Waals surface area contributed by atoms with Crippen molar-refractivity contribution in [3.63, 3.8) is 0 Å². The number of nitrogens with one attached hydrogen (secondary N) is 1. The Labute approximate surface area is 151 Å². The molecular formula is C18H19Cl2NO3. The molecule has 0 aromatic heterocycles. The molecule has 0 aliphatic carbocycles. The summed E-state index contributed by atoms with van der Waals surface area (Å²) in [5.74, 6) is 1.24. The van der Waals surface area contributed by atoms with Crippen LogP contribution in [-0.2, 0) is 4.79 Å². The first kappa shape index (κ1) is 18.4. The smallest absolute Gasteiger partial charge is 0.224 e. The van der Waals surface area contributed by atoms with Gasteiger partial charge in [0.15, 0.2) is 11.5 Å². The fourth-order valence-corrected chi connectivity index (χ4v) is 2.42. The SMILES string of the molecule is CCOc1ccccc1OCCCC(=O)Nc1cccc(Cl)c1Cl. The first-order valence-electron chi connectivity index (χ1n) is 7.70. The number of hydrogen-bond acceptors (Lipinski definition) is 3. The Morgan fingerprint density at radius 2 is 1.75 bits per heavy atom. The highest BCUT2D eigenvalue weighted by Crippen LogP contribution is 2.29. The minimum atomic E-state index is -0.138. The summed E-state index contributed by atoms with van der Waals surface area (Å²) >= 11 is 12.0. The lowest BCUT2D eigenvalue weighted by Gasteiger charge is -2.11. The summed E-state index contributed by atoms with van der Waals surface area (Å²) in [5.41, 5.74) is 0.511. The van der Waals surface area contributed by atoms with E-state index in [-0.39, 0.29) is 5.91 Å². The quantitative estimate of drug-likeness (QED) is 0.653. The van der Waals surface area contributed by atoms with Gasteiger partial charge in [-0.05, 0) is 37.6 Å². The fraction of sp³-hybridized carbons (Fsp3) is 0.278. The van der Waals surface area contributed by atoms with Crippen molar-refractivity contribution in [2.75, 3.05) is 18.5 Å². The molecular weight excluding hydrogens is 349 g/mol. The molecule has 0 aliphatic rings. The van der Waals surface area contributed by atoms with E-state index in [1.807, 2.05) is 31.2 Å². The summed E-state index contributed by atoms with van der Waals surface area (Å²) in [7, 11) is 0. The Kier molecular flexibility index (Phi) is 7.22. The molecule has 24 heavy (non-hydrogen) atoms. The van der Waals surface area contributed by atoms with Gasteiger partial charge >= 0.3 is 0 Å². The number of ether oxygens (including phenoxy) is 2. The van der Waals surface area contributed by atoms with Crippen molar-refractivity contribution in [1.29, 1.82) is 0 Å². The zero-order valence-corrected chi connectivity index (χ0v) is 14.9. The van der Waals surface area contributed by atoms with Crippen LogP contribution in [0.2, 0.25) is 10.0 Å². The first-order valence-corrected chi connectivity index (χ1v) is 8.46. The van der Waals surface area contributed by atoms with Crippen molar-refractivity contribution in [2.24, 2.45) is 0 Å². The Hall–Kier alpha value is -1.91. The normalized spacial score (nSPS) is 10.3. The molecule has 0 spiro atoms. The van der Waals surface area contributed by atoms with E-state index in [1.54, 1.807) is 18.2 Å². The van der Waals surface area contributed by atoms with Gasteiger partial charge in [-0.1, -0.05) is 41.4 Å². The molecule has 0 saturated carbocycles. The predicted molar refractivity (Wildman–Crippen MR) is 97.4 cm³/mol. The topological polar surface area (TPSA) is 47.6 Å². The van der Waals surface area contributed by atoms with E-state index in [4.69, 9.17) is 32.7 Å². The molecule has 128 valence electrons. The van der Waals surface area contributed by atoms with Crippen LogP contribution >= 0.6 is 23.2 Å². The number of carbonyl (C=O) groups is 1. The fourth-order valence-electron chi connectivity index (χ4n) is 2.07. The van der Waals surface area contributed by atoms with Crippen molar-refractivity contribution in [3.05, 3.63) is 52.5 Å². The van der Waals surface area contributed by atoms with Crippen molar-refractivity contribution < 1.29 is 14.3 Å². The standard InChI is InChI=1S/C18H19Cl2NO3/c1-2-23-15-9-3-4-10-16(15)24-12-6-11-17(22)21-14-8-5-7-13(19)18(14)20/h3-5,7-10H,2,6,11-12H2,1H3,(H,21,22). The molecule has 0 saturated heterocycles. The summed E-state index contributed by atoms with van der Waals surface area (Å²) in [6.45, 7) is 2.91. The average molecular weight is 368 g/mol. The summed E-state index contributed by atoms with van der Waals surface area (Å²) in [5, 5.41) is 3.50. The Balaban J connectivity index is 1.78. The van der Waals surface area contributed by atoms with Crippen molar-refractivity contribution in [2.45, 2.75) is 19.8 Å². The minimum Gasteiger partial charge on any atom is -0.490 e. The van der Waals surface area contributed by atoms with Gasteiger partial charge in [0.25, 0.3) is 0 Å². The Bertz CT molecular complexity index is 692. The lowest BCUT2D eigenvalue weighted by atomic mass is 10.2. The third-order valence-corrected chi connectivity index (χ3v) is 4.00. The molecule has 0 bridgehead atoms. The number of para-hydroxylation sites is 2. The van der Waals surface area contributed by atoms with Gasteiger partial charge in [0.1, 0.15) is 0 Å². The van der Waals surface area contributed by atoms with E-state index < -0.39 is 0 Å². The zero-order valence-electron chi connectivity index (χ0n) is 13.4. The molecule has 0 unspecified atom stereocenters. The average Bonchev–Trinajstić information content (AvgIpc) is 2.57. The molecule has 6 heteroatoms. The third kappa shape index (κ3) is 5.32. The summed E-state index contributed by atoms with van der Waals surface area (Å²) in [4.78, 5) is 12.0. The van der Waals surface area contributed by atoms with Crippen molar-refractivity contribution >= 4 is 34.8 Å². The van der Waals surface area contributed by atoms with Crippen LogP contribution in [0, 0.1) is 0 Å². The van der Waals surface area contributed by atoms with Crippen LogP contribution in [0.15, 0.2) is 42.5 Å². The summed E-state index contributed by atoms with van der Waals surface area (Å²) in [6, 6.07) is 12.6. The van der Waals surface area contributed by atoms with Crippen LogP contribution in [0.5, 0.6) is 11.5 Å². The molecule has 4 nitrogen and oxygen atoms in total. The van der Waals surface area contributed by atoms with Gasteiger partial charge in [-0.3, -0.25) is 4.79 Å². The van der Waals surface area contributed by atoms with Gasteiger partial charge in [-0.15, -0.1) is 0 Å². The van der Waals surface area contributed by atoms with Crippen LogP contribution in [0.1, 0.15) is 19.8 Å². The molecule has 0 aliphatic heterocycles. The number of carbonyl (C=O) groups excluding carboxylic acids is 1. The van der Waals surface area contributed by atoms with E-state index in [0.717, 1.165) is 0 Å². The van der Waals surface area contributed by atoms with Crippen LogP contribution < -0.4 is 14.8 Å². The molecule has 1 amide bonds. The van der Waals surface area contributed by atoms with Crippen LogP contribution in [0.25, 0.3) is 0 Å². The second-order valence-corrected chi connectivity index (χ2v) is 5.77. The number of anilines is 1. The van der Waals surface area contributed by atoms with Crippen LogP contribution in [0.3, 0.4) is 0 Å². The predicted octanol–water partition coefficient (Wildman–Crippen LogP) is 5.19. The van der Waals surface area contributed by atoms with Crippen molar-refractivity contribution in [1.82, 2.24) is 0 Å². The highest BCUT2D eigenvalue weighted by atomic mass is 35.5. The molecule has 0 heterocycles. The number of amides is 1. The molecule has 0 atom stereocenters. The Morgan fingerprint density at radius 3 is 2.46 bits per heavy atom. The van der Waals surface area contributed by atoms with Gasteiger partial charge < -0.3 is 14.8 Å². The van der Waals surface area contributed by atoms with E-state index >= 15 is 0 Å². The number of halogens is 2. The van der Waals surface area contributed by atoms with Gasteiger partial charge in [0, 0.05) is 6.42 Å². The Morgan fingerprint density at radius 1 is 1.04 bits per heavy atom. The lowest BCUT2D eigenvalue weighted by Crippen LogP contribution is -2.13. The molecule has 0 fully saturated rings. The van der Waals surface area contributed by atoms with E-state index in [2.05, 4.69) is 5.32 Å². The largest absolute Gasteiger partial charge is 0.490 e. The summed E-state index contributed by atoms with van der Waals surface area (Å²) in [6.07, 6.45) is 0.893. The van der Waals surface area contributed by atoms with E-state index in [9.17, 15) is 4.79 Å². The van der Waals surface area contributed by atoms with E-state index in [1.165, 1.54) is 0 Å². The maximum absolute atomic E-state index is 12.0. The minimum absolute atomic E-state index is 0.138. The van der Waals surface area contributed by atoms with Crippen LogP contribution in [0.4, 0.5) is 5.69 Å². The maximum atomic E-state index is 12.0. The number of hydrogen-bond donors (Lipinski definition) is 1. The molecule has 2 aromatic rings. The third-order valence-electron chi connectivity index (χ3n) is 3.18. The second kappa shape index (κ2) is 9.40. The van der Waals surface area contributed by atoms with Gasteiger partial charge in [-0.25, -0.2) is 0 Å². The van der Waals surface area contributed by atoms with E-state index in [0.29, 0.717) is 53.3 Å². The zero-order chi connectivity index (χ0) is 17.4. The highest BCUT2D eigenvalue weighted by Gasteiger charge is 2.09. The van der Waals surface area contributed by atoms with Crippen LogP contribution in [-0.4, -0.2) is 19.1 Å². The van der Waals surface area contributed by atoms with Gasteiger partial charge in [0.05, 0.1) is 28.9 Å².